The van der Waals surface area contributed by atoms with Crippen LogP contribution in [0.4, 0.5) is 0 Å². The average Bonchev–Trinajstić information content (AvgIpc) is 3.14. The Morgan fingerprint density at radius 2 is 1.88 bits per heavy atom. The maximum Gasteiger partial charge on any atom is 0.175 e. The van der Waals surface area contributed by atoms with Crippen LogP contribution < -0.4 is 5.73 Å². The predicted octanol–water partition coefficient (Wildman–Crippen LogP) is -2.58. The summed E-state index contributed by atoms with van der Waals surface area (Å²) in [6.45, 7) is 1.62. The lowest BCUT2D eigenvalue weighted by Crippen LogP contribution is -2.62. The predicted molar refractivity (Wildman–Crippen MR) is 53.6 cm³/mol. The fraction of sp³-hybridized carbons (Fsp3) is 1.00. The van der Waals surface area contributed by atoms with Gasteiger partial charge in [0.2, 0.25) is 0 Å². The van der Waals surface area contributed by atoms with Crippen LogP contribution >= 0.6 is 0 Å². The van der Waals surface area contributed by atoms with E-state index in [9.17, 15) is 10.2 Å². The van der Waals surface area contributed by atoms with Crippen LogP contribution in [0.1, 0.15) is 0 Å². The molecule has 2 aliphatic rings. The van der Waals surface area contributed by atoms with E-state index in [1.807, 2.05) is 0 Å². The highest BCUT2D eigenvalue weighted by molar-refractivity contribution is 4.91. The molecule has 5 atom stereocenters. The Kier molecular flexibility index (Phi) is 5.56. The van der Waals surface area contributed by atoms with Gasteiger partial charge in [0.1, 0.15) is 18.3 Å². The minimum atomic E-state index is -1.17. The smallest absolute Gasteiger partial charge is 0.175 e. The van der Waals surface area contributed by atoms with E-state index in [2.05, 4.69) is 4.74 Å². The number of hydrogen-bond acceptors (Lipinski definition) is 7. The highest BCUT2D eigenvalue weighted by atomic mass is 16.7. The summed E-state index contributed by atoms with van der Waals surface area (Å²) >= 11 is 0. The zero-order valence-corrected chi connectivity index (χ0v) is 9.15. The standard InChI is InChI=1S/C7H15NO5.C2H4O/c1-12-7-4(8)6(11)5(10)3(2-9)13-7;1-2-3-1/h3-7,9-11H,2,8H2,1H3;1-2H2/t3-,4-,5-,6-,7?;/m1./s1. The van der Waals surface area contributed by atoms with Gasteiger partial charge in [-0.25, -0.2) is 0 Å². The molecule has 1 unspecified atom stereocenters. The first kappa shape index (κ1) is 13.8. The number of methoxy groups -OCH3 is 1. The summed E-state index contributed by atoms with van der Waals surface area (Å²) in [5, 5.41) is 27.5. The Balaban J connectivity index is 0.000000365. The summed E-state index contributed by atoms with van der Waals surface area (Å²) in [6, 6.07) is -0.803. The molecular weight excluding hydrogens is 218 g/mol. The second-order valence-corrected chi connectivity index (χ2v) is 3.63. The second kappa shape index (κ2) is 6.45. The van der Waals surface area contributed by atoms with Crippen LogP contribution in [0.15, 0.2) is 0 Å². The van der Waals surface area contributed by atoms with Gasteiger partial charge in [-0.05, 0) is 0 Å². The normalized spacial score (nSPS) is 42.2. The summed E-state index contributed by atoms with van der Waals surface area (Å²) in [6.07, 6.45) is -3.96. The fourth-order valence-corrected chi connectivity index (χ4v) is 1.32. The van der Waals surface area contributed by atoms with Crippen LogP contribution in [0.2, 0.25) is 0 Å². The maximum absolute atomic E-state index is 9.40. The van der Waals surface area contributed by atoms with Crippen molar-refractivity contribution < 1.29 is 29.5 Å². The molecule has 7 heteroatoms. The van der Waals surface area contributed by atoms with Crippen LogP contribution in [-0.2, 0) is 14.2 Å². The van der Waals surface area contributed by atoms with E-state index in [1.54, 1.807) is 0 Å². The molecule has 5 N–H and O–H groups in total. The number of ether oxygens (including phenoxy) is 3. The molecular formula is C9H19NO6. The van der Waals surface area contributed by atoms with Gasteiger partial charge in [-0.1, -0.05) is 0 Å². The lowest BCUT2D eigenvalue weighted by Gasteiger charge is -2.39. The molecule has 0 aromatic heterocycles. The Bertz CT molecular complexity index is 180. The van der Waals surface area contributed by atoms with Gasteiger partial charge < -0.3 is 35.3 Å². The molecule has 96 valence electrons. The number of nitrogens with two attached hydrogens (primary N) is 1. The first-order valence-electron chi connectivity index (χ1n) is 5.10. The molecule has 0 aromatic rings. The van der Waals surface area contributed by atoms with Gasteiger partial charge >= 0.3 is 0 Å². The average molecular weight is 237 g/mol. The molecule has 0 aliphatic carbocycles. The third-order valence-electron chi connectivity index (χ3n) is 2.36. The SMILES string of the molecule is C1CO1.COC1O[C@H](CO)[C@@H](O)[C@H](O)[C@H]1N. The molecule has 2 heterocycles. The van der Waals surface area contributed by atoms with Gasteiger partial charge in [0, 0.05) is 7.11 Å². The zero-order chi connectivity index (χ0) is 12.1. The van der Waals surface area contributed by atoms with Crippen LogP contribution in [0.3, 0.4) is 0 Å². The molecule has 7 nitrogen and oxygen atoms in total. The lowest BCUT2D eigenvalue weighted by atomic mass is 9.98. The molecule has 2 aliphatic heterocycles. The van der Waals surface area contributed by atoms with Crippen molar-refractivity contribution in [2.75, 3.05) is 26.9 Å². The summed E-state index contributed by atoms with van der Waals surface area (Å²) in [5.41, 5.74) is 5.50. The highest BCUT2D eigenvalue weighted by Gasteiger charge is 2.42. The van der Waals surface area contributed by atoms with Gasteiger partial charge in [0.25, 0.3) is 0 Å². The molecule has 2 saturated heterocycles. The van der Waals surface area contributed by atoms with Crippen LogP contribution in [0.25, 0.3) is 0 Å². The third-order valence-corrected chi connectivity index (χ3v) is 2.36. The van der Waals surface area contributed by atoms with Crippen LogP contribution in [-0.4, -0.2) is 72.9 Å². The molecule has 2 fully saturated rings. The van der Waals surface area contributed by atoms with E-state index in [0.717, 1.165) is 13.2 Å². The van der Waals surface area contributed by atoms with Crippen molar-refractivity contribution in [3.05, 3.63) is 0 Å². The van der Waals surface area contributed by atoms with Crippen molar-refractivity contribution in [3.8, 4) is 0 Å². The molecule has 2 rings (SSSR count). The van der Waals surface area contributed by atoms with E-state index in [0.29, 0.717) is 0 Å². The van der Waals surface area contributed by atoms with E-state index in [1.165, 1.54) is 7.11 Å². The van der Waals surface area contributed by atoms with Crippen molar-refractivity contribution >= 4 is 0 Å². The summed E-state index contributed by atoms with van der Waals surface area (Å²) < 4.78 is 14.4. The van der Waals surface area contributed by atoms with Crippen molar-refractivity contribution in [1.29, 1.82) is 0 Å². The van der Waals surface area contributed by atoms with E-state index in [-0.39, 0.29) is 6.61 Å². The van der Waals surface area contributed by atoms with Crippen molar-refractivity contribution in [3.63, 3.8) is 0 Å². The molecule has 16 heavy (non-hydrogen) atoms. The Labute approximate surface area is 93.7 Å². The highest BCUT2D eigenvalue weighted by Crippen LogP contribution is 2.19. The molecule has 0 radical (unpaired) electrons. The topological polar surface area (TPSA) is 118 Å². The Morgan fingerprint density at radius 1 is 1.31 bits per heavy atom. The van der Waals surface area contributed by atoms with E-state index < -0.39 is 30.6 Å². The van der Waals surface area contributed by atoms with Gasteiger partial charge in [-0.15, -0.1) is 0 Å². The lowest BCUT2D eigenvalue weighted by molar-refractivity contribution is -0.257. The number of rotatable bonds is 2. The van der Waals surface area contributed by atoms with E-state index in [4.69, 9.17) is 20.3 Å². The molecule has 0 saturated carbocycles. The molecule has 0 bridgehead atoms. The second-order valence-electron chi connectivity index (χ2n) is 3.63. The first-order chi connectivity index (χ1) is 7.61. The van der Waals surface area contributed by atoms with Gasteiger partial charge in [-0.3, -0.25) is 0 Å². The van der Waals surface area contributed by atoms with E-state index >= 15 is 0 Å². The number of epoxide rings is 1. The quantitative estimate of drug-likeness (QED) is 0.389. The number of hydrogen-bond donors (Lipinski definition) is 4. The molecule has 0 spiro atoms. The summed E-state index contributed by atoms with van der Waals surface area (Å²) in [7, 11) is 1.38. The summed E-state index contributed by atoms with van der Waals surface area (Å²) in [5.74, 6) is 0. The largest absolute Gasteiger partial charge is 0.394 e. The maximum atomic E-state index is 9.40. The van der Waals surface area contributed by atoms with Crippen LogP contribution in [0, 0.1) is 0 Å². The summed E-state index contributed by atoms with van der Waals surface area (Å²) in [4.78, 5) is 0. The monoisotopic (exact) mass is 237 g/mol. The van der Waals surface area contributed by atoms with Crippen molar-refractivity contribution in [2.45, 2.75) is 30.6 Å². The molecule has 0 aromatic carbocycles. The Morgan fingerprint density at radius 3 is 2.25 bits per heavy atom. The van der Waals surface area contributed by atoms with Crippen LogP contribution in [0.5, 0.6) is 0 Å². The van der Waals surface area contributed by atoms with Gasteiger partial charge in [-0.2, -0.15) is 0 Å². The zero-order valence-electron chi connectivity index (χ0n) is 9.15. The molecule has 0 amide bonds. The Hall–Kier alpha value is -0.280. The van der Waals surface area contributed by atoms with Crippen molar-refractivity contribution in [2.24, 2.45) is 5.73 Å². The third kappa shape index (κ3) is 3.63. The van der Waals surface area contributed by atoms with Gasteiger partial charge in [0.15, 0.2) is 6.29 Å². The minimum Gasteiger partial charge on any atom is -0.394 e. The minimum absolute atomic E-state index is 0.384. The first-order valence-corrected chi connectivity index (χ1v) is 5.10. The van der Waals surface area contributed by atoms with Gasteiger partial charge in [0.05, 0.1) is 25.9 Å². The van der Waals surface area contributed by atoms with Crippen molar-refractivity contribution in [1.82, 2.24) is 0 Å². The number of aliphatic hydroxyl groups is 3. The number of aliphatic hydroxyl groups excluding tert-OH is 3. The fourth-order valence-electron chi connectivity index (χ4n) is 1.32.